The maximum atomic E-state index is 10.6. The average molecular weight is 369 g/mol. The second-order valence-corrected chi connectivity index (χ2v) is 6.91. The number of aryl methyl sites for hydroxylation is 1. The zero-order valence-corrected chi connectivity index (χ0v) is 14.2. The van der Waals surface area contributed by atoms with Gasteiger partial charge < -0.3 is 9.84 Å². The summed E-state index contributed by atoms with van der Waals surface area (Å²) < 4.78 is 10.7. The van der Waals surface area contributed by atoms with Crippen LogP contribution in [-0.4, -0.2) is 21.3 Å². The molecule has 2 heterocycles. The van der Waals surface area contributed by atoms with Crippen LogP contribution in [0.15, 0.2) is 16.6 Å². The second-order valence-electron chi connectivity index (χ2n) is 5.21. The molecule has 1 aliphatic heterocycles. The molecular weight excluding hydrogens is 352 g/mol. The number of halogens is 1. The summed E-state index contributed by atoms with van der Waals surface area (Å²) in [7, 11) is 0. The lowest BCUT2D eigenvalue weighted by molar-refractivity contribution is 0.179. The van der Waals surface area contributed by atoms with E-state index < -0.39 is 6.10 Å². The quantitative estimate of drug-likeness (QED) is 0.877. The van der Waals surface area contributed by atoms with E-state index in [9.17, 15) is 5.11 Å². The summed E-state index contributed by atoms with van der Waals surface area (Å²) in [6, 6.07) is 4.12. The van der Waals surface area contributed by atoms with Gasteiger partial charge >= 0.3 is 0 Å². The summed E-state index contributed by atoms with van der Waals surface area (Å²) >= 11 is 4.83. The van der Waals surface area contributed by atoms with Crippen molar-refractivity contribution < 1.29 is 9.84 Å². The van der Waals surface area contributed by atoms with E-state index in [1.807, 2.05) is 6.07 Å². The molecule has 6 heteroatoms. The normalized spacial score (nSPS) is 14.8. The van der Waals surface area contributed by atoms with Crippen molar-refractivity contribution in [3.63, 3.8) is 0 Å². The summed E-state index contributed by atoms with van der Waals surface area (Å²) in [4.78, 5) is 0.878. The number of hydrogen-bond acceptors (Lipinski definition) is 5. The van der Waals surface area contributed by atoms with Crippen LogP contribution in [0.2, 0.25) is 0 Å². The highest BCUT2D eigenvalue weighted by atomic mass is 79.9. The van der Waals surface area contributed by atoms with Crippen molar-refractivity contribution in [2.24, 2.45) is 0 Å². The van der Waals surface area contributed by atoms with Gasteiger partial charge in [-0.15, -0.1) is 5.10 Å². The van der Waals surface area contributed by atoms with Crippen molar-refractivity contribution in [2.45, 2.75) is 38.7 Å². The lowest BCUT2D eigenvalue weighted by Gasteiger charge is -2.13. The van der Waals surface area contributed by atoms with Gasteiger partial charge in [0.05, 0.1) is 23.3 Å². The van der Waals surface area contributed by atoms with E-state index in [4.69, 9.17) is 4.74 Å². The van der Waals surface area contributed by atoms with Crippen molar-refractivity contribution in [1.82, 2.24) is 9.59 Å². The van der Waals surface area contributed by atoms with Crippen LogP contribution < -0.4 is 4.74 Å². The van der Waals surface area contributed by atoms with E-state index in [1.165, 1.54) is 17.1 Å². The van der Waals surface area contributed by atoms with E-state index in [0.717, 1.165) is 52.2 Å². The summed E-state index contributed by atoms with van der Waals surface area (Å²) in [5.74, 6) is 0.937. The van der Waals surface area contributed by atoms with E-state index in [0.29, 0.717) is 6.42 Å². The number of aliphatic hydroxyl groups is 1. The molecule has 1 aromatic carbocycles. The number of fused-ring (bicyclic) bond motifs is 1. The first-order valence-electron chi connectivity index (χ1n) is 7.12. The molecular formula is C15H17BrN2O2S. The predicted molar refractivity (Wildman–Crippen MR) is 85.9 cm³/mol. The van der Waals surface area contributed by atoms with Gasteiger partial charge in [-0.2, -0.15) is 0 Å². The van der Waals surface area contributed by atoms with Crippen molar-refractivity contribution in [2.75, 3.05) is 6.61 Å². The van der Waals surface area contributed by atoms with Crippen LogP contribution in [0.25, 0.3) is 0 Å². The predicted octanol–water partition coefficient (Wildman–Crippen LogP) is 3.46. The third kappa shape index (κ3) is 3.12. The van der Waals surface area contributed by atoms with Crippen LogP contribution in [0.4, 0.5) is 0 Å². The minimum Gasteiger partial charge on any atom is -0.493 e. The van der Waals surface area contributed by atoms with Gasteiger partial charge in [0.1, 0.15) is 5.75 Å². The van der Waals surface area contributed by atoms with Gasteiger partial charge in [-0.1, -0.05) is 33.8 Å². The first-order chi connectivity index (χ1) is 10.2. The molecule has 21 heavy (non-hydrogen) atoms. The Bertz CT molecular complexity index is 645. The summed E-state index contributed by atoms with van der Waals surface area (Å²) in [5.41, 5.74) is 3.17. The number of rotatable bonds is 5. The number of benzene rings is 1. The van der Waals surface area contributed by atoms with Crippen LogP contribution in [0.1, 0.15) is 41.1 Å². The highest BCUT2D eigenvalue weighted by Gasteiger charge is 2.22. The van der Waals surface area contributed by atoms with Gasteiger partial charge in [0, 0.05) is 17.3 Å². The lowest BCUT2D eigenvalue weighted by Crippen LogP contribution is -2.04. The van der Waals surface area contributed by atoms with Gasteiger partial charge in [0.15, 0.2) is 0 Å². The summed E-state index contributed by atoms with van der Waals surface area (Å²) in [6.45, 7) is 2.82. The average Bonchev–Trinajstić information content (AvgIpc) is 3.07. The molecule has 1 aliphatic rings. The van der Waals surface area contributed by atoms with Gasteiger partial charge in [-0.3, -0.25) is 0 Å². The number of nitrogens with zero attached hydrogens (tertiary/aromatic N) is 2. The monoisotopic (exact) mass is 368 g/mol. The molecule has 0 bridgehead atoms. The molecule has 1 atom stereocenters. The topological polar surface area (TPSA) is 55.2 Å². The van der Waals surface area contributed by atoms with E-state index in [2.05, 4.69) is 38.5 Å². The molecule has 0 amide bonds. The van der Waals surface area contributed by atoms with Crippen LogP contribution in [-0.2, 0) is 19.3 Å². The molecule has 1 aromatic heterocycles. The zero-order chi connectivity index (χ0) is 14.8. The van der Waals surface area contributed by atoms with Gasteiger partial charge in [0.2, 0.25) is 0 Å². The fraction of sp³-hybridized carbons (Fsp3) is 0.467. The maximum absolute atomic E-state index is 10.6. The van der Waals surface area contributed by atoms with Crippen LogP contribution >= 0.6 is 27.5 Å². The highest BCUT2D eigenvalue weighted by Crippen LogP contribution is 2.36. The zero-order valence-electron chi connectivity index (χ0n) is 11.8. The molecule has 0 spiro atoms. The Kier molecular flexibility index (Phi) is 4.57. The van der Waals surface area contributed by atoms with Crippen LogP contribution in [0.3, 0.4) is 0 Å². The number of ether oxygens (including phenoxy) is 1. The second kappa shape index (κ2) is 6.42. The standard InChI is InChI=1S/C15H17BrN2O2S/c1-2-3-12-15(21-18-17-12)13(19)8-10-7-11(16)6-9-4-5-20-14(9)10/h6-7,13,19H,2-5,8H2,1H3. The molecule has 112 valence electrons. The molecule has 0 saturated carbocycles. The van der Waals surface area contributed by atoms with Crippen molar-refractivity contribution in [1.29, 1.82) is 0 Å². The van der Waals surface area contributed by atoms with Crippen molar-refractivity contribution in [3.8, 4) is 5.75 Å². The van der Waals surface area contributed by atoms with Gasteiger partial charge in [0.25, 0.3) is 0 Å². The first-order valence-corrected chi connectivity index (χ1v) is 8.69. The first kappa shape index (κ1) is 14.9. The fourth-order valence-corrected chi connectivity index (χ4v) is 3.91. The molecule has 2 aromatic rings. The van der Waals surface area contributed by atoms with E-state index >= 15 is 0 Å². The maximum Gasteiger partial charge on any atom is 0.125 e. The minimum absolute atomic E-state index is 0.530. The Labute approximate surface area is 136 Å². The molecule has 0 fully saturated rings. The largest absolute Gasteiger partial charge is 0.493 e. The number of aliphatic hydroxyl groups excluding tert-OH is 1. The highest BCUT2D eigenvalue weighted by molar-refractivity contribution is 9.10. The van der Waals surface area contributed by atoms with Crippen LogP contribution in [0.5, 0.6) is 5.75 Å². The fourth-order valence-electron chi connectivity index (χ4n) is 2.68. The third-order valence-electron chi connectivity index (χ3n) is 3.61. The third-order valence-corrected chi connectivity index (χ3v) is 4.94. The Hall–Kier alpha value is -0.980. The molecule has 0 saturated heterocycles. The Balaban J connectivity index is 1.85. The molecule has 1 N–H and O–H groups in total. The van der Waals surface area contributed by atoms with Gasteiger partial charge in [-0.05, 0) is 41.2 Å². The Morgan fingerprint density at radius 3 is 3.14 bits per heavy atom. The molecule has 3 rings (SSSR count). The number of aromatic nitrogens is 2. The molecule has 0 radical (unpaired) electrons. The number of hydrogen-bond donors (Lipinski definition) is 1. The van der Waals surface area contributed by atoms with Crippen molar-refractivity contribution in [3.05, 3.63) is 38.3 Å². The van der Waals surface area contributed by atoms with Gasteiger partial charge in [-0.25, -0.2) is 0 Å². The minimum atomic E-state index is -0.575. The van der Waals surface area contributed by atoms with Crippen molar-refractivity contribution >= 4 is 27.5 Å². The van der Waals surface area contributed by atoms with E-state index in [1.54, 1.807) is 0 Å². The molecule has 1 unspecified atom stereocenters. The summed E-state index contributed by atoms with van der Waals surface area (Å²) in [6.07, 6.45) is 2.74. The smallest absolute Gasteiger partial charge is 0.125 e. The molecule has 0 aliphatic carbocycles. The summed E-state index contributed by atoms with van der Waals surface area (Å²) in [5, 5.41) is 14.7. The van der Waals surface area contributed by atoms with E-state index in [-0.39, 0.29) is 0 Å². The SMILES string of the molecule is CCCc1nnsc1C(O)Cc1cc(Br)cc2c1OCC2. The van der Waals surface area contributed by atoms with Crippen LogP contribution in [0, 0.1) is 0 Å². The Morgan fingerprint density at radius 1 is 1.48 bits per heavy atom. The Morgan fingerprint density at radius 2 is 2.33 bits per heavy atom. The molecule has 4 nitrogen and oxygen atoms in total. The lowest BCUT2D eigenvalue weighted by atomic mass is 10.0.